The zero-order chi connectivity index (χ0) is 13.7. The molecule has 2 rings (SSSR count). The number of hydrogen-bond donors (Lipinski definition) is 3. The summed E-state index contributed by atoms with van der Waals surface area (Å²) < 4.78 is 0. The van der Waals surface area contributed by atoms with Gasteiger partial charge in [0.15, 0.2) is 5.69 Å². The first-order valence-electron chi connectivity index (χ1n) is 4.87. The quantitative estimate of drug-likeness (QED) is 0.716. The summed E-state index contributed by atoms with van der Waals surface area (Å²) in [6.07, 6.45) is 0. The van der Waals surface area contributed by atoms with E-state index in [0.717, 1.165) is 11.4 Å². The number of H-pyrrole nitrogens is 2. The van der Waals surface area contributed by atoms with Gasteiger partial charge in [0.05, 0.1) is 0 Å². The van der Waals surface area contributed by atoms with Crippen molar-refractivity contribution in [2.24, 2.45) is 0 Å². The number of carboxylic acid groups (broad SMARTS) is 1. The van der Waals surface area contributed by atoms with Gasteiger partial charge < -0.3 is 5.11 Å². The van der Waals surface area contributed by atoms with Crippen molar-refractivity contribution < 1.29 is 14.7 Å². The fraction of sp³-hybridized carbons (Fsp3) is 0.200. The molecule has 2 heterocycles. The second kappa shape index (κ2) is 5.97. The van der Waals surface area contributed by atoms with Crippen LogP contribution >= 0.6 is 11.6 Å². The van der Waals surface area contributed by atoms with Crippen LogP contribution in [0.4, 0.5) is 0 Å². The van der Waals surface area contributed by atoms with Gasteiger partial charge in [-0.05, 0) is 37.6 Å². The third-order valence-electron chi connectivity index (χ3n) is 1.83. The fourth-order valence-corrected chi connectivity index (χ4v) is 1.14. The Balaban J connectivity index is 0.000000180. The smallest absolute Gasteiger partial charge is 0.356 e. The van der Waals surface area contributed by atoms with E-state index in [0.29, 0.717) is 0 Å². The average molecular weight is 271 g/mol. The number of carbonyl (C=O) groups is 2. The zero-order valence-corrected chi connectivity index (χ0v) is 10.4. The van der Waals surface area contributed by atoms with Crippen LogP contribution in [-0.4, -0.2) is 36.7 Å². The van der Waals surface area contributed by atoms with E-state index >= 15 is 0 Å². The van der Waals surface area contributed by atoms with Crippen molar-refractivity contribution in [3.63, 3.8) is 0 Å². The molecule has 96 valence electrons. The van der Waals surface area contributed by atoms with Gasteiger partial charge in [-0.25, -0.2) is 4.79 Å². The molecule has 18 heavy (non-hydrogen) atoms. The zero-order valence-electron chi connectivity index (χ0n) is 9.69. The summed E-state index contributed by atoms with van der Waals surface area (Å²) in [5.74, 6) is -1.00. The SMILES string of the molecule is Cc1cc(C(=O)Cl)n[nH]1.Cc1cc(C(=O)O)n[nH]1. The van der Waals surface area contributed by atoms with Crippen molar-refractivity contribution in [3.05, 3.63) is 34.9 Å². The van der Waals surface area contributed by atoms with Gasteiger partial charge in [0, 0.05) is 11.4 Å². The van der Waals surface area contributed by atoms with Gasteiger partial charge in [-0.3, -0.25) is 15.0 Å². The maximum absolute atomic E-state index is 10.3. The van der Waals surface area contributed by atoms with E-state index in [1.54, 1.807) is 19.9 Å². The Bertz CT molecular complexity index is 511. The molecule has 2 aromatic heterocycles. The number of hydrogen-bond acceptors (Lipinski definition) is 4. The monoisotopic (exact) mass is 270 g/mol. The van der Waals surface area contributed by atoms with E-state index in [1.807, 2.05) is 0 Å². The predicted octanol–water partition coefficient (Wildman–Crippen LogP) is 1.51. The molecule has 0 unspecified atom stereocenters. The second-order valence-electron chi connectivity index (χ2n) is 3.45. The molecule has 0 atom stereocenters. The summed E-state index contributed by atoms with van der Waals surface area (Å²) in [5.41, 5.74) is 1.92. The Morgan fingerprint density at radius 1 is 1.11 bits per heavy atom. The molecule has 8 heteroatoms. The molecule has 7 nitrogen and oxygen atoms in total. The molecule has 0 aliphatic rings. The summed E-state index contributed by atoms with van der Waals surface area (Å²) in [5, 5.41) is 20.0. The van der Waals surface area contributed by atoms with Crippen molar-refractivity contribution in [2.75, 3.05) is 0 Å². The van der Waals surface area contributed by atoms with Gasteiger partial charge in [0.2, 0.25) is 0 Å². The van der Waals surface area contributed by atoms with Gasteiger partial charge >= 0.3 is 5.97 Å². The summed E-state index contributed by atoms with van der Waals surface area (Å²) in [7, 11) is 0. The largest absolute Gasteiger partial charge is 0.476 e. The Hall–Kier alpha value is -2.15. The van der Waals surface area contributed by atoms with E-state index in [1.165, 1.54) is 6.07 Å². The number of aryl methyl sites for hydroxylation is 2. The van der Waals surface area contributed by atoms with Gasteiger partial charge in [-0.2, -0.15) is 10.2 Å². The number of aromatic nitrogens is 4. The predicted molar refractivity (Wildman–Crippen MR) is 63.8 cm³/mol. The average Bonchev–Trinajstić information content (AvgIpc) is 2.88. The number of halogens is 1. The summed E-state index contributed by atoms with van der Waals surface area (Å²) in [6.45, 7) is 3.55. The Morgan fingerprint density at radius 3 is 1.72 bits per heavy atom. The molecular formula is C10H11ClN4O3. The summed E-state index contributed by atoms with van der Waals surface area (Å²) in [6, 6.07) is 3.07. The molecule has 2 aromatic rings. The first-order valence-corrected chi connectivity index (χ1v) is 5.25. The maximum atomic E-state index is 10.3. The topological polar surface area (TPSA) is 112 Å². The lowest BCUT2D eigenvalue weighted by Crippen LogP contribution is -1.95. The Labute approximate surface area is 107 Å². The van der Waals surface area contributed by atoms with Crippen molar-refractivity contribution in [1.82, 2.24) is 20.4 Å². The fourth-order valence-electron chi connectivity index (χ4n) is 1.05. The van der Waals surface area contributed by atoms with E-state index < -0.39 is 11.2 Å². The lowest BCUT2D eigenvalue weighted by molar-refractivity contribution is 0.0690. The van der Waals surface area contributed by atoms with Crippen molar-refractivity contribution in [3.8, 4) is 0 Å². The number of aromatic amines is 2. The number of carbonyl (C=O) groups excluding carboxylic acids is 1. The van der Waals surface area contributed by atoms with Crippen LogP contribution < -0.4 is 0 Å². The molecule has 0 spiro atoms. The second-order valence-corrected chi connectivity index (χ2v) is 3.79. The number of rotatable bonds is 2. The number of aromatic carboxylic acids is 1. The first kappa shape index (κ1) is 13.9. The van der Waals surface area contributed by atoms with E-state index in [4.69, 9.17) is 16.7 Å². The molecular weight excluding hydrogens is 260 g/mol. The van der Waals surface area contributed by atoms with Gasteiger partial charge in [0.1, 0.15) is 5.69 Å². The highest BCUT2D eigenvalue weighted by atomic mass is 35.5. The van der Waals surface area contributed by atoms with Crippen LogP contribution in [0.5, 0.6) is 0 Å². The standard InChI is InChI=1S/C5H5ClN2O.C5H6N2O2/c1-3-2-4(5(6)9)8-7-3;1-3-2-4(5(8)9)7-6-3/h2H,1H3,(H,7,8);2H,1H3,(H,6,7)(H,8,9). The maximum Gasteiger partial charge on any atom is 0.356 e. The molecule has 0 amide bonds. The third-order valence-corrected chi connectivity index (χ3v) is 2.03. The summed E-state index contributed by atoms with van der Waals surface area (Å²) in [4.78, 5) is 20.5. The number of nitrogens with zero attached hydrogens (tertiary/aromatic N) is 2. The van der Waals surface area contributed by atoms with Crippen LogP contribution in [0.15, 0.2) is 12.1 Å². The highest BCUT2D eigenvalue weighted by molar-refractivity contribution is 6.67. The normalized spacial score (nSPS) is 9.50. The van der Waals surface area contributed by atoms with Crippen LogP contribution in [0.2, 0.25) is 0 Å². The van der Waals surface area contributed by atoms with Crippen LogP contribution in [-0.2, 0) is 0 Å². The lowest BCUT2D eigenvalue weighted by atomic mass is 10.4. The van der Waals surface area contributed by atoms with Crippen molar-refractivity contribution >= 4 is 22.8 Å². The highest BCUT2D eigenvalue weighted by Crippen LogP contribution is 2.00. The molecule has 3 N–H and O–H groups in total. The number of carboxylic acids is 1. The molecule has 0 fully saturated rings. The first-order chi connectivity index (χ1) is 8.40. The minimum absolute atomic E-state index is 0.0625. The number of nitrogens with one attached hydrogen (secondary N) is 2. The highest BCUT2D eigenvalue weighted by Gasteiger charge is 2.04. The summed E-state index contributed by atoms with van der Waals surface area (Å²) >= 11 is 5.10. The molecule has 0 radical (unpaired) electrons. The lowest BCUT2D eigenvalue weighted by Gasteiger charge is -1.77. The molecule has 0 aliphatic carbocycles. The Kier molecular flexibility index (Phi) is 4.61. The van der Waals surface area contributed by atoms with Crippen LogP contribution in [0, 0.1) is 13.8 Å². The minimum atomic E-state index is -1.00. The Morgan fingerprint density at radius 2 is 1.56 bits per heavy atom. The van der Waals surface area contributed by atoms with Gasteiger partial charge in [0.25, 0.3) is 5.24 Å². The van der Waals surface area contributed by atoms with E-state index in [9.17, 15) is 9.59 Å². The third kappa shape index (κ3) is 4.02. The molecule has 0 saturated carbocycles. The van der Waals surface area contributed by atoms with E-state index in [-0.39, 0.29) is 11.4 Å². The van der Waals surface area contributed by atoms with Crippen molar-refractivity contribution in [2.45, 2.75) is 13.8 Å². The van der Waals surface area contributed by atoms with E-state index in [2.05, 4.69) is 20.4 Å². The van der Waals surface area contributed by atoms with Crippen LogP contribution in [0.3, 0.4) is 0 Å². The van der Waals surface area contributed by atoms with Crippen molar-refractivity contribution in [1.29, 1.82) is 0 Å². The molecule has 0 saturated heterocycles. The van der Waals surface area contributed by atoms with Gasteiger partial charge in [-0.1, -0.05) is 0 Å². The van der Waals surface area contributed by atoms with Crippen LogP contribution in [0.25, 0.3) is 0 Å². The van der Waals surface area contributed by atoms with Gasteiger partial charge in [-0.15, -0.1) is 0 Å². The minimum Gasteiger partial charge on any atom is -0.476 e. The molecule has 0 aromatic carbocycles. The van der Waals surface area contributed by atoms with Crippen LogP contribution in [0.1, 0.15) is 32.4 Å². The molecule has 0 bridgehead atoms. The molecule has 0 aliphatic heterocycles.